The molecule has 62 valence electrons. The van der Waals surface area contributed by atoms with Gasteiger partial charge in [-0.1, -0.05) is 0 Å². The van der Waals surface area contributed by atoms with Gasteiger partial charge < -0.3 is 5.73 Å². The molecule has 6 heteroatoms. The zero-order valence-corrected chi connectivity index (χ0v) is 7.25. The Hall–Kier alpha value is -1.43. The lowest BCUT2D eigenvalue weighted by molar-refractivity contribution is 0.780. The highest BCUT2D eigenvalue weighted by atomic mass is 32.1. The van der Waals surface area contributed by atoms with Gasteiger partial charge in [0.25, 0.3) is 0 Å². The summed E-state index contributed by atoms with van der Waals surface area (Å²) < 4.78 is 1.52. The highest BCUT2D eigenvalue weighted by Crippen LogP contribution is 2.15. The second-order valence-corrected chi connectivity index (χ2v) is 3.01. The van der Waals surface area contributed by atoms with Crippen molar-refractivity contribution in [3.63, 3.8) is 0 Å². The number of hydrogen-bond acceptors (Lipinski definition) is 5. The number of nitrogens with zero attached hydrogens (tertiary/aromatic N) is 4. The third-order valence-corrected chi connectivity index (χ3v) is 2.04. The van der Waals surface area contributed by atoms with Crippen LogP contribution in [0.3, 0.4) is 0 Å². The lowest BCUT2D eigenvalue weighted by atomic mass is 10.5. The first-order chi connectivity index (χ1) is 5.77. The zero-order chi connectivity index (χ0) is 8.55. The van der Waals surface area contributed by atoms with Crippen molar-refractivity contribution in [3.8, 4) is 11.5 Å². The van der Waals surface area contributed by atoms with E-state index in [1.165, 1.54) is 16.0 Å². The fourth-order valence-electron chi connectivity index (χ4n) is 0.828. The highest BCUT2D eigenvalue weighted by Gasteiger charge is 2.07. The van der Waals surface area contributed by atoms with Gasteiger partial charge in [-0.25, -0.2) is 9.67 Å². The van der Waals surface area contributed by atoms with Gasteiger partial charge in [-0.2, -0.15) is 4.98 Å². The maximum absolute atomic E-state index is 5.51. The first-order valence-electron chi connectivity index (χ1n) is 3.32. The van der Waals surface area contributed by atoms with Crippen molar-refractivity contribution in [2.75, 3.05) is 5.73 Å². The standard InChI is InChI=1S/C6H7N5S/c1-11-6(7)9-5(10-11)4-2-12-3-8-4/h2-3H,1H3,(H2,7,9,10). The summed E-state index contributed by atoms with van der Waals surface area (Å²) in [5, 5.41) is 5.96. The van der Waals surface area contributed by atoms with Gasteiger partial charge in [-0.05, 0) is 0 Å². The molecule has 0 saturated heterocycles. The minimum absolute atomic E-state index is 0.401. The predicted octanol–water partition coefficient (Wildman–Crippen LogP) is 0.521. The minimum Gasteiger partial charge on any atom is -0.368 e. The SMILES string of the molecule is Cn1nc(-c2cscn2)nc1N. The Balaban J connectivity index is 2.48. The Morgan fingerprint density at radius 1 is 1.58 bits per heavy atom. The summed E-state index contributed by atoms with van der Waals surface area (Å²) >= 11 is 1.51. The molecule has 0 aliphatic rings. The lowest BCUT2D eigenvalue weighted by Gasteiger charge is -1.85. The van der Waals surface area contributed by atoms with Crippen molar-refractivity contribution in [2.24, 2.45) is 7.05 Å². The van der Waals surface area contributed by atoms with Crippen molar-refractivity contribution in [3.05, 3.63) is 10.9 Å². The summed E-state index contributed by atoms with van der Waals surface area (Å²) in [5.41, 5.74) is 8.02. The fraction of sp³-hybridized carbons (Fsp3) is 0.167. The molecule has 0 amide bonds. The second-order valence-electron chi connectivity index (χ2n) is 2.29. The molecule has 0 unspecified atom stereocenters. The molecule has 0 aliphatic carbocycles. The molecule has 12 heavy (non-hydrogen) atoms. The number of nitrogen functional groups attached to an aromatic ring is 1. The second kappa shape index (κ2) is 2.56. The third kappa shape index (κ3) is 1.06. The zero-order valence-electron chi connectivity index (χ0n) is 6.43. The average molecular weight is 181 g/mol. The van der Waals surface area contributed by atoms with E-state index in [1.807, 2.05) is 5.38 Å². The van der Waals surface area contributed by atoms with E-state index in [1.54, 1.807) is 12.6 Å². The van der Waals surface area contributed by atoms with E-state index in [4.69, 9.17) is 5.73 Å². The largest absolute Gasteiger partial charge is 0.368 e. The quantitative estimate of drug-likeness (QED) is 0.696. The molecule has 2 aromatic heterocycles. The number of aryl methyl sites for hydroxylation is 1. The van der Waals surface area contributed by atoms with Gasteiger partial charge in [0.1, 0.15) is 5.69 Å². The van der Waals surface area contributed by atoms with E-state index in [0.29, 0.717) is 11.8 Å². The van der Waals surface area contributed by atoms with Crippen LogP contribution in [0.2, 0.25) is 0 Å². The summed E-state index contributed by atoms with van der Waals surface area (Å²) in [5.74, 6) is 0.981. The van der Waals surface area contributed by atoms with E-state index < -0.39 is 0 Å². The predicted molar refractivity (Wildman–Crippen MR) is 46.5 cm³/mol. The molecule has 0 fully saturated rings. The van der Waals surface area contributed by atoms with Crippen LogP contribution in [-0.2, 0) is 7.05 Å². The molecular formula is C6H7N5S. The molecule has 0 aliphatic heterocycles. The maximum atomic E-state index is 5.51. The normalized spacial score (nSPS) is 10.4. The number of aromatic nitrogens is 4. The number of hydrogen-bond donors (Lipinski definition) is 1. The molecule has 0 aromatic carbocycles. The fourth-order valence-corrected chi connectivity index (χ4v) is 1.36. The molecule has 2 aromatic rings. The van der Waals surface area contributed by atoms with Gasteiger partial charge in [0.2, 0.25) is 11.8 Å². The highest BCUT2D eigenvalue weighted by molar-refractivity contribution is 7.07. The van der Waals surface area contributed by atoms with Crippen LogP contribution < -0.4 is 5.73 Å². The number of thiazole rings is 1. The summed E-state index contributed by atoms with van der Waals surface area (Å²) in [4.78, 5) is 8.09. The first kappa shape index (κ1) is 7.23. The van der Waals surface area contributed by atoms with E-state index in [-0.39, 0.29) is 0 Å². The molecule has 2 N–H and O–H groups in total. The van der Waals surface area contributed by atoms with Crippen LogP contribution in [0.5, 0.6) is 0 Å². The van der Waals surface area contributed by atoms with Gasteiger partial charge in [0.15, 0.2) is 0 Å². The van der Waals surface area contributed by atoms with Crippen LogP contribution in [0.15, 0.2) is 10.9 Å². The molecule has 0 spiro atoms. The van der Waals surface area contributed by atoms with E-state index in [2.05, 4.69) is 15.1 Å². The molecule has 2 rings (SSSR count). The van der Waals surface area contributed by atoms with Crippen molar-refractivity contribution in [1.82, 2.24) is 19.7 Å². The van der Waals surface area contributed by atoms with E-state index in [9.17, 15) is 0 Å². The topological polar surface area (TPSA) is 69.6 Å². The van der Waals surface area contributed by atoms with Gasteiger partial charge in [-0.3, -0.25) is 0 Å². The Labute approximate surface area is 72.9 Å². The van der Waals surface area contributed by atoms with Crippen LogP contribution in [0.4, 0.5) is 5.95 Å². The van der Waals surface area contributed by atoms with Crippen molar-refractivity contribution >= 4 is 17.3 Å². The maximum Gasteiger partial charge on any atom is 0.218 e. The molecule has 5 nitrogen and oxygen atoms in total. The Morgan fingerprint density at radius 2 is 2.42 bits per heavy atom. The molecule has 2 heterocycles. The number of rotatable bonds is 1. The van der Waals surface area contributed by atoms with Gasteiger partial charge in [0, 0.05) is 12.4 Å². The molecular weight excluding hydrogens is 174 g/mol. The summed E-state index contributed by atoms with van der Waals surface area (Å²) in [6.45, 7) is 0. The van der Waals surface area contributed by atoms with Gasteiger partial charge >= 0.3 is 0 Å². The van der Waals surface area contributed by atoms with Gasteiger partial charge in [0.05, 0.1) is 5.51 Å². The van der Waals surface area contributed by atoms with Crippen molar-refractivity contribution in [1.29, 1.82) is 0 Å². The Kier molecular flexibility index (Phi) is 1.54. The molecule has 0 atom stereocenters. The smallest absolute Gasteiger partial charge is 0.218 e. The molecule has 0 radical (unpaired) electrons. The monoisotopic (exact) mass is 181 g/mol. The third-order valence-electron chi connectivity index (χ3n) is 1.46. The minimum atomic E-state index is 0.401. The summed E-state index contributed by atoms with van der Waals surface area (Å²) in [6.07, 6.45) is 0. The lowest BCUT2D eigenvalue weighted by Crippen LogP contribution is -1.97. The van der Waals surface area contributed by atoms with E-state index >= 15 is 0 Å². The first-order valence-corrected chi connectivity index (χ1v) is 4.27. The summed E-state index contributed by atoms with van der Waals surface area (Å²) in [7, 11) is 1.75. The van der Waals surface area contributed by atoms with Gasteiger partial charge in [-0.15, -0.1) is 16.4 Å². The molecule has 0 saturated carbocycles. The van der Waals surface area contributed by atoms with Crippen LogP contribution in [0.1, 0.15) is 0 Å². The van der Waals surface area contributed by atoms with Crippen LogP contribution >= 0.6 is 11.3 Å². The van der Waals surface area contributed by atoms with Crippen LogP contribution in [0.25, 0.3) is 11.5 Å². The van der Waals surface area contributed by atoms with Crippen LogP contribution in [-0.4, -0.2) is 19.7 Å². The number of anilines is 1. The van der Waals surface area contributed by atoms with E-state index in [0.717, 1.165) is 5.69 Å². The number of nitrogens with two attached hydrogens (primary N) is 1. The van der Waals surface area contributed by atoms with Crippen molar-refractivity contribution < 1.29 is 0 Å². The average Bonchev–Trinajstić information content (AvgIpc) is 2.61. The summed E-state index contributed by atoms with van der Waals surface area (Å²) in [6, 6.07) is 0. The van der Waals surface area contributed by atoms with Crippen molar-refractivity contribution in [2.45, 2.75) is 0 Å². The van der Waals surface area contributed by atoms with Crippen LogP contribution in [0, 0.1) is 0 Å². The Bertz CT molecular complexity index is 357. The molecule has 0 bridgehead atoms. The Morgan fingerprint density at radius 3 is 2.92 bits per heavy atom.